The second-order valence-corrected chi connectivity index (χ2v) is 10.3. The Hall–Kier alpha value is -1.13. The fraction of sp³-hybridized carbons (Fsp3) is 0.462. The summed E-state index contributed by atoms with van der Waals surface area (Å²) in [4.78, 5) is 10.4. The van der Waals surface area contributed by atoms with Gasteiger partial charge in [0, 0.05) is 5.56 Å². The summed E-state index contributed by atoms with van der Waals surface area (Å²) in [5.41, 5.74) is 1.43. The molecule has 94 valence electrons. The van der Waals surface area contributed by atoms with Gasteiger partial charge in [-0.2, -0.15) is 0 Å². The Balaban J connectivity index is 2.74. The quantitative estimate of drug-likeness (QED) is 0.497. The van der Waals surface area contributed by atoms with Crippen LogP contribution in [-0.4, -0.2) is 19.5 Å². The van der Waals surface area contributed by atoms with Gasteiger partial charge in [-0.1, -0.05) is 25.7 Å². The molecule has 1 aromatic heterocycles. The SMILES string of the molecule is CC(C=O)=CCC(O)c1coc([Si](C)(C)C)c1. The first-order valence-corrected chi connectivity index (χ1v) is 9.23. The van der Waals surface area contributed by atoms with Crippen LogP contribution in [0.15, 0.2) is 28.4 Å². The predicted octanol–water partition coefficient (Wildman–Crippen LogP) is 2.39. The van der Waals surface area contributed by atoms with Crippen molar-refractivity contribution >= 4 is 19.7 Å². The smallest absolute Gasteiger partial charge is 0.145 e. The lowest BCUT2D eigenvalue weighted by atomic mass is 10.1. The zero-order valence-electron chi connectivity index (χ0n) is 10.9. The third-order valence-electron chi connectivity index (χ3n) is 2.59. The van der Waals surface area contributed by atoms with Crippen molar-refractivity contribution in [3.05, 3.63) is 29.5 Å². The van der Waals surface area contributed by atoms with Gasteiger partial charge in [0.25, 0.3) is 0 Å². The molecule has 1 unspecified atom stereocenters. The monoisotopic (exact) mass is 252 g/mol. The number of hydrogen-bond donors (Lipinski definition) is 1. The van der Waals surface area contributed by atoms with Crippen LogP contribution in [0.25, 0.3) is 0 Å². The van der Waals surface area contributed by atoms with Crippen LogP contribution in [-0.2, 0) is 4.79 Å². The van der Waals surface area contributed by atoms with Crippen LogP contribution in [0, 0.1) is 0 Å². The molecule has 17 heavy (non-hydrogen) atoms. The Labute approximate surface area is 103 Å². The van der Waals surface area contributed by atoms with E-state index >= 15 is 0 Å². The lowest BCUT2D eigenvalue weighted by molar-refractivity contribution is -0.104. The number of hydrogen-bond acceptors (Lipinski definition) is 3. The predicted molar refractivity (Wildman–Crippen MR) is 71.1 cm³/mol. The van der Waals surface area contributed by atoms with Gasteiger partial charge in [-0.3, -0.25) is 4.79 Å². The zero-order chi connectivity index (χ0) is 13.1. The van der Waals surface area contributed by atoms with E-state index in [-0.39, 0.29) is 0 Å². The fourth-order valence-corrected chi connectivity index (χ4v) is 2.41. The van der Waals surface area contributed by atoms with Gasteiger partial charge in [-0.25, -0.2) is 0 Å². The molecule has 0 aliphatic heterocycles. The summed E-state index contributed by atoms with van der Waals surface area (Å²) < 4.78 is 5.49. The van der Waals surface area contributed by atoms with E-state index in [4.69, 9.17) is 4.42 Å². The molecule has 0 aromatic carbocycles. The lowest BCUT2D eigenvalue weighted by Gasteiger charge is -2.10. The summed E-state index contributed by atoms with van der Waals surface area (Å²) in [5.74, 6) is 0. The summed E-state index contributed by atoms with van der Waals surface area (Å²) in [6.07, 6.45) is 3.98. The maximum absolute atomic E-state index is 10.4. The highest BCUT2D eigenvalue weighted by molar-refractivity contribution is 6.87. The van der Waals surface area contributed by atoms with Gasteiger partial charge in [0.1, 0.15) is 14.4 Å². The molecule has 0 amide bonds. The molecule has 4 heteroatoms. The molecule has 0 spiro atoms. The topological polar surface area (TPSA) is 50.4 Å². The van der Waals surface area contributed by atoms with E-state index in [0.29, 0.717) is 12.0 Å². The second-order valence-electron chi connectivity index (χ2n) is 5.31. The Kier molecular flexibility index (Phi) is 4.48. The number of furan rings is 1. The van der Waals surface area contributed by atoms with E-state index < -0.39 is 14.2 Å². The van der Waals surface area contributed by atoms with Crippen LogP contribution in [0.5, 0.6) is 0 Å². The molecule has 1 N–H and O–H groups in total. The summed E-state index contributed by atoms with van der Waals surface area (Å²) in [5, 5.41) is 10.9. The number of aliphatic hydroxyl groups excluding tert-OH is 1. The molecular formula is C13H20O3Si. The maximum Gasteiger partial charge on any atom is 0.145 e. The van der Waals surface area contributed by atoms with Crippen LogP contribution < -0.4 is 5.38 Å². The van der Waals surface area contributed by atoms with Gasteiger partial charge in [0.05, 0.1) is 17.8 Å². The average molecular weight is 252 g/mol. The highest BCUT2D eigenvalue weighted by Crippen LogP contribution is 2.18. The van der Waals surface area contributed by atoms with Crippen molar-refractivity contribution in [3.8, 4) is 0 Å². The first-order chi connectivity index (χ1) is 7.84. The van der Waals surface area contributed by atoms with Crippen molar-refractivity contribution < 1.29 is 14.3 Å². The molecule has 0 radical (unpaired) electrons. The minimum Gasteiger partial charge on any atom is -0.474 e. The highest BCUT2D eigenvalue weighted by atomic mass is 28.3. The summed E-state index contributed by atoms with van der Waals surface area (Å²) in [6, 6.07) is 1.93. The molecule has 1 rings (SSSR count). The summed E-state index contributed by atoms with van der Waals surface area (Å²) >= 11 is 0. The van der Waals surface area contributed by atoms with Gasteiger partial charge in [-0.05, 0) is 25.0 Å². The molecule has 0 saturated heterocycles. The van der Waals surface area contributed by atoms with Crippen molar-refractivity contribution in [3.63, 3.8) is 0 Å². The van der Waals surface area contributed by atoms with Crippen LogP contribution in [0.1, 0.15) is 25.0 Å². The molecular weight excluding hydrogens is 232 g/mol. The molecule has 0 aliphatic rings. The second kappa shape index (κ2) is 5.47. The van der Waals surface area contributed by atoms with E-state index in [1.807, 2.05) is 6.07 Å². The number of aliphatic hydroxyl groups is 1. The van der Waals surface area contributed by atoms with Gasteiger partial charge < -0.3 is 9.52 Å². The van der Waals surface area contributed by atoms with Crippen LogP contribution in [0.4, 0.5) is 0 Å². The zero-order valence-corrected chi connectivity index (χ0v) is 11.9. The van der Waals surface area contributed by atoms with Crippen LogP contribution in [0.3, 0.4) is 0 Å². The maximum atomic E-state index is 10.4. The van der Waals surface area contributed by atoms with Crippen molar-refractivity contribution in [2.24, 2.45) is 0 Å². The van der Waals surface area contributed by atoms with E-state index in [1.54, 1.807) is 19.3 Å². The average Bonchev–Trinajstić information content (AvgIpc) is 2.74. The van der Waals surface area contributed by atoms with E-state index in [9.17, 15) is 9.90 Å². The Bertz CT molecular complexity index is 413. The molecule has 0 bridgehead atoms. The van der Waals surface area contributed by atoms with Gasteiger partial charge in [-0.15, -0.1) is 0 Å². The Morgan fingerprint density at radius 2 is 2.18 bits per heavy atom. The minimum absolute atomic E-state index is 0.440. The molecule has 3 nitrogen and oxygen atoms in total. The number of aldehydes is 1. The van der Waals surface area contributed by atoms with Gasteiger partial charge in [0.2, 0.25) is 0 Å². The Morgan fingerprint density at radius 1 is 1.53 bits per heavy atom. The van der Waals surface area contributed by atoms with Gasteiger partial charge >= 0.3 is 0 Å². The van der Waals surface area contributed by atoms with E-state index in [2.05, 4.69) is 19.6 Å². The van der Waals surface area contributed by atoms with E-state index in [1.165, 1.54) is 0 Å². The van der Waals surface area contributed by atoms with E-state index in [0.717, 1.165) is 17.2 Å². The largest absolute Gasteiger partial charge is 0.474 e. The van der Waals surface area contributed by atoms with Crippen molar-refractivity contribution in [1.82, 2.24) is 0 Å². The normalized spacial score (nSPS) is 14.8. The van der Waals surface area contributed by atoms with Crippen LogP contribution >= 0.6 is 0 Å². The standard InChI is InChI=1S/C13H20O3Si/c1-10(8-14)5-6-12(15)11-7-13(16-9-11)17(2,3)4/h5,7-9,12,15H,6H2,1-4H3. The van der Waals surface area contributed by atoms with Crippen molar-refractivity contribution in [1.29, 1.82) is 0 Å². The number of allylic oxidation sites excluding steroid dienone is 1. The first-order valence-electron chi connectivity index (χ1n) is 5.73. The van der Waals surface area contributed by atoms with Crippen molar-refractivity contribution in [2.45, 2.75) is 39.1 Å². The lowest BCUT2D eigenvalue weighted by Crippen LogP contribution is -2.36. The molecule has 1 heterocycles. The number of carbonyl (C=O) groups is 1. The molecule has 0 saturated carbocycles. The molecule has 1 aromatic rings. The molecule has 0 aliphatic carbocycles. The van der Waals surface area contributed by atoms with Crippen LogP contribution in [0.2, 0.25) is 19.6 Å². The van der Waals surface area contributed by atoms with Gasteiger partial charge in [0.15, 0.2) is 0 Å². The molecule has 0 fully saturated rings. The number of carbonyl (C=O) groups excluding carboxylic acids is 1. The highest BCUT2D eigenvalue weighted by Gasteiger charge is 2.22. The summed E-state index contributed by atoms with van der Waals surface area (Å²) in [6.45, 7) is 8.30. The first kappa shape index (κ1) is 13.9. The Morgan fingerprint density at radius 3 is 2.65 bits per heavy atom. The van der Waals surface area contributed by atoms with Crippen molar-refractivity contribution in [2.75, 3.05) is 0 Å². The third-order valence-corrected chi connectivity index (χ3v) is 4.33. The fourth-order valence-electron chi connectivity index (χ4n) is 1.40. The minimum atomic E-state index is -1.46. The number of rotatable bonds is 5. The summed E-state index contributed by atoms with van der Waals surface area (Å²) in [7, 11) is -1.46. The molecule has 1 atom stereocenters. The third kappa shape index (κ3) is 3.98.